The quantitative estimate of drug-likeness (QED) is 0.327. The highest BCUT2D eigenvalue weighted by Gasteiger charge is 2.65. The van der Waals surface area contributed by atoms with Crippen molar-refractivity contribution < 1.29 is 26.4 Å². The molecular weight excluding hydrogens is 479 g/mol. The topological polar surface area (TPSA) is 146 Å². The third-order valence-corrected chi connectivity index (χ3v) is 6.90. The predicted octanol–water partition coefficient (Wildman–Crippen LogP) is 1.37. The van der Waals surface area contributed by atoms with Crippen molar-refractivity contribution in [1.29, 1.82) is 0 Å². The van der Waals surface area contributed by atoms with Gasteiger partial charge in [-0.2, -0.15) is 0 Å². The highest BCUT2D eigenvalue weighted by atomic mass is 35.5. The summed E-state index contributed by atoms with van der Waals surface area (Å²) in [6, 6.07) is 0. The van der Waals surface area contributed by atoms with Crippen molar-refractivity contribution in [2.75, 3.05) is 19.1 Å². The van der Waals surface area contributed by atoms with Crippen molar-refractivity contribution in [3.8, 4) is 0 Å². The minimum absolute atomic E-state index is 0.0877. The first-order chi connectivity index (χ1) is 13.8. The number of sulfone groups is 2. The molecule has 2 heterocycles. The Kier molecular flexibility index (Phi) is 5.82. The van der Waals surface area contributed by atoms with Gasteiger partial charge in [-0.1, -0.05) is 23.2 Å². The zero-order valence-electron chi connectivity index (χ0n) is 16.0. The molecular formula is C16H16Cl2N4O6S2. The van der Waals surface area contributed by atoms with Gasteiger partial charge >= 0.3 is 5.97 Å². The van der Waals surface area contributed by atoms with Crippen LogP contribution in [0.3, 0.4) is 0 Å². The maximum Gasteiger partial charge on any atom is 0.317 e. The van der Waals surface area contributed by atoms with Crippen LogP contribution >= 0.6 is 23.2 Å². The van der Waals surface area contributed by atoms with Gasteiger partial charge in [0.15, 0.2) is 0 Å². The lowest BCUT2D eigenvalue weighted by molar-refractivity contribution is -0.146. The summed E-state index contributed by atoms with van der Waals surface area (Å²) in [6.45, 7) is 1.72. The average Bonchev–Trinajstić information content (AvgIpc) is 3.36. The van der Waals surface area contributed by atoms with Crippen LogP contribution in [-0.4, -0.2) is 61.9 Å². The smallest absolute Gasteiger partial charge is 0.317 e. The number of esters is 1. The van der Waals surface area contributed by atoms with E-state index in [1.54, 1.807) is 6.92 Å². The van der Waals surface area contributed by atoms with E-state index in [2.05, 4.69) is 19.9 Å². The molecule has 1 saturated carbocycles. The first-order valence-electron chi connectivity index (χ1n) is 8.45. The van der Waals surface area contributed by atoms with Gasteiger partial charge in [0.1, 0.15) is 15.7 Å². The number of hydrogen-bond donors (Lipinski definition) is 0. The molecule has 0 bridgehead atoms. The van der Waals surface area contributed by atoms with Crippen molar-refractivity contribution in [3.05, 3.63) is 33.8 Å². The standard InChI is InChI=1S/C16H16Cl2N4O6S2/c1-4-28-13(23)16(10-7-20-15(22-12(10)18)30(3,26)27)5-9(16)8-6-19-14(21-11(8)17)29(2,24)25/h6-7,9H,4-5H2,1-3H3. The number of rotatable bonds is 6. The summed E-state index contributed by atoms with van der Waals surface area (Å²) in [5.74, 6) is -1.22. The second-order valence-corrected chi connectivity index (χ2v) is 11.3. The summed E-state index contributed by atoms with van der Waals surface area (Å²) >= 11 is 12.4. The van der Waals surface area contributed by atoms with Gasteiger partial charge in [-0.25, -0.2) is 36.8 Å². The van der Waals surface area contributed by atoms with Gasteiger partial charge in [0.2, 0.25) is 30.0 Å². The van der Waals surface area contributed by atoms with Gasteiger partial charge in [0, 0.05) is 42.0 Å². The summed E-state index contributed by atoms with van der Waals surface area (Å²) in [5, 5.41) is -1.28. The van der Waals surface area contributed by atoms with Crippen LogP contribution < -0.4 is 0 Å². The Morgan fingerprint density at radius 2 is 1.60 bits per heavy atom. The Balaban J connectivity index is 2.11. The van der Waals surface area contributed by atoms with E-state index in [0.29, 0.717) is 5.56 Å². The predicted molar refractivity (Wildman–Crippen MR) is 106 cm³/mol. The van der Waals surface area contributed by atoms with E-state index in [9.17, 15) is 21.6 Å². The van der Waals surface area contributed by atoms with Crippen molar-refractivity contribution in [3.63, 3.8) is 0 Å². The van der Waals surface area contributed by atoms with Gasteiger partial charge in [0.25, 0.3) is 0 Å². The van der Waals surface area contributed by atoms with E-state index in [-0.39, 0.29) is 28.9 Å². The van der Waals surface area contributed by atoms with Gasteiger partial charge < -0.3 is 4.74 Å². The Morgan fingerprint density at radius 1 is 1.07 bits per heavy atom. The summed E-state index contributed by atoms with van der Waals surface area (Å²) in [5.41, 5.74) is -0.841. The first-order valence-corrected chi connectivity index (χ1v) is 13.0. The van der Waals surface area contributed by atoms with E-state index < -0.39 is 47.3 Å². The Hall–Kier alpha value is -1.89. The molecule has 0 aromatic carbocycles. The molecule has 30 heavy (non-hydrogen) atoms. The van der Waals surface area contributed by atoms with Crippen LogP contribution in [0.25, 0.3) is 0 Å². The molecule has 1 aliphatic rings. The van der Waals surface area contributed by atoms with Crippen molar-refractivity contribution >= 4 is 48.8 Å². The van der Waals surface area contributed by atoms with Gasteiger partial charge in [0.05, 0.1) is 6.61 Å². The molecule has 0 spiro atoms. The number of hydrogen-bond acceptors (Lipinski definition) is 10. The number of ether oxygens (including phenoxy) is 1. The zero-order chi connectivity index (χ0) is 22.5. The molecule has 2 unspecified atom stereocenters. The second-order valence-electron chi connectivity index (χ2n) is 6.75. The third kappa shape index (κ3) is 4.01. The second kappa shape index (κ2) is 7.66. The third-order valence-electron chi connectivity index (χ3n) is 4.59. The molecule has 2 atom stereocenters. The summed E-state index contributed by atoms with van der Waals surface area (Å²) in [7, 11) is -7.38. The van der Waals surface area contributed by atoms with Crippen LogP contribution in [0.2, 0.25) is 10.3 Å². The summed E-state index contributed by atoms with van der Waals surface area (Å²) in [6.07, 6.45) is 4.46. The van der Waals surface area contributed by atoms with Crippen molar-refractivity contribution in [2.24, 2.45) is 0 Å². The fraction of sp³-hybridized carbons (Fsp3) is 0.438. The van der Waals surface area contributed by atoms with Crippen LogP contribution in [0.4, 0.5) is 0 Å². The van der Waals surface area contributed by atoms with E-state index in [1.165, 1.54) is 12.4 Å². The molecule has 0 N–H and O–H groups in total. The monoisotopic (exact) mass is 494 g/mol. The largest absolute Gasteiger partial charge is 0.465 e. The summed E-state index contributed by atoms with van der Waals surface area (Å²) in [4.78, 5) is 28.1. The van der Waals surface area contributed by atoms with Gasteiger partial charge in [-0.15, -0.1) is 0 Å². The lowest BCUT2D eigenvalue weighted by Crippen LogP contribution is -2.27. The number of nitrogens with zero attached hydrogens (tertiary/aromatic N) is 4. The Bertz CT molecular complexity index is 1250. The molecule has 14 heteroatoms. The van der Waals surface area contributed by atoms with Crippen LogP contribution in [0.5, 0.6) is 0 Å². The fourth-order valence-corrected chi connectivity index (χ4v) is 4.78. The molecule has 0 aliphatic heterocycles. The van der Waals surface area contributed by atoms with Crippen LogP contribution in [-0.2, 0) is 34.6 Å². The van der Waals surface area contributed by atoms with Gasteiger partial charge in [-0.3, -0.25) is 4.79 Å². The summed E-state index contributed by atoms with van der Waals surface area (Å²) < 4.78 is 51.8. The van der Waals surface area contributed by atoms with E-state index in [0.717, 1.165) is 12.5 Å². The van der Waals surface area contributed by atoms with Crippen molar-refractivity contribution in [1.82, 2.24) is 19.9 Å². The van der Waals surface area contributed by atoms with Crippen LogP contribution in [0.15, 0.2) is 22.7 Å². The number of carbonyl (C=O) groups excluding carboxylic acids is 1. The molecule has 1 fully saturated rings. The number of carbonyl (C=O) groups is 1. The normalized spacial score (nSPS) is 21.3. The van der Waals surface area contributed by atoms with Crippen molar-refractivity contribution in [2.45, 2.75) is 35.0 Å². The van der Waals surface area contributed by atoms with E-state index >= 15 is 0 Å². The van der Waals surface area contributed by atoms with E-state index in [4.69, 9.17) is 27.9 Å². The first kappa shape index (κ1) is 22.8. The number of halogens is 2. The minimum Gasteiger partial charge on any atom is -0.465 e. The maximum atomic E-state index is 12.8. The molecule has 3 rings (SSSR count). The maximum absolute atomic E-state index is 12.8. The number of aromatic nitrogens is 4. The van der Waals surface area contributed by atoms with E-state index in [1.807, 2.05) is 0 Å². The molecule has 0 saturated heterocycles. The zero-order valence-corrected chi connectivity index (χ0v) is 19.1. The lowest BCUT2D eigenvalue weighted by Gasteiger charge is -2.18. The molecule has 0 amide bonds. The van der Waals surface area contributed by atoms with Crippen LogP contribution in [0.1, 0.15) is 30.4 Å². The lowest BCUT2D eigenvalue weighted by atomic mass is 9.93. The SMILES string of the molecule is CCOC(=O)C1(c2cnc(S(C)(=O)=O)nc2Cl)CC1c1cnc(S(C)(=O)=O)nc1Cl. The Labute approximate surface area is 182 Å². The molecule has 0 radical (unpaired) electrons. The van der Waals surface area contributed by atoms with Crippen LogP contribution in [0, 0.1) is 0 Å². The Morgan fingerprint density at radius 3 is 2.07 bits per heavy atom. The molecule has 162 valence electrons. The minimum atomic E-state index is -3.71. The molecule has 1 aliphatic carbocycles. The highest BCUT2D eigenvalue weighted by molar-refractivity contribution is 7.90. The average molecular weight is 495 g/mol. The molecule has 10 nitrogen and oxygen atoms in total. The highest BCUT2D eigenvalue weighted by Crippen LogP contribution is 2.63. The molecule has 2 aromatic rings. The molecule has 2 aromatic heterocycles. The van der Waals surface area contributed by atoms with Gasteiger partial charge in [-0.05, 0) is 13.3 Å². The fourth-order valence-electron chi connectivity index (χ4n) is 3.12.